The van der Waals surface area contributed by atoms with E-state index in [0.29, 0.717) is 18.7 Å². The number of aromatic carboxylic acids is 1. The highest BCUT2D eigenvalue weighted by molar-refractivity contribution is 5.98. The Morgan fingerprint density at radius 1 is 1.26 bits per heavy atom. The minimum absolute atomic E-state index is 0.0205. The maximum Gasteiger partial charge on any atom is 0.341 e. The summed E-state index contributed by atoms with van der Waals surface area (Å²) in [7, 11) is 0. The van der Waals surface area contributed by atoms with Gasteiger partial charge in [0, 0.05) is 25.7 Å². The van der Waals surface area contributed by atoms with Gasteiger partial charge < -0.3 is 19.7 Å². The lowest BCUT2D eigenvalue weighted by Gasteiger charge is -2.19. The molecule has 31 heavy (non-hydrogen) atoms. The molecule has 3 aromatic rings. The van der Waals surface area contributed by atoms with Crippen molar-refractivity contribution in [2.75, 3.05) is 6.86 Å². The number of rotatable bonds is 5. The van der Waals surface area contributed by atoms with E-state index in [9.17, 15) is 23.5 Å². The lowest BCUT2D eigenvalue weighted by Crippen LogP contribution is -2.20. The van der Waals surface area contributed by atoms with E-state index >= 15 is 4.39 Å². The van der Waals surface area contributed by atoms with Crippen LogP contribution in [0.2, 0.25) is 0 Å². The standard InChI is InChI=1S/C22H17F3N2O4/c23-9-31-21-18(10-1-2-11-6-26-7-12(11)3-10)16(25)4-13-19(21)27(17-5-15(17)24)8-14(20(13)28)22(29)30/h1-4,8,15,17,26H,5-7,9H2,(H,29,30)/t15-,17+/m0/s1. The third-order valence-corrected chi connectivity index (χ3v) is 5.82. The molecule has 2 atom stereocenters. The summed E-state index contributed by atoms with van der Waals surface area (Å²) >= 11 is 0. The molecule has 5 rings (SSSR count). The van der Waals surface area contributed by atoms with Gasteiger partial charge in [-0.1, -0.05) is 12.1 Å². The summed E-state index contributed by atoms with van der Waals surface area (Å²) in [5, 5.41) is 12.3. The molecule has 2 aromatic carbocycles. The normalized spacial score (nSPS) is 19.5. The molecule has 6 nitrogen and oxygen atoms in total. The Bertz CT molecular complexity index is 1300. The Kier molecular flexibility index (Phi) is 4.51. The summed E-state index contributed by atoms with van der Waals surface area (Å²) in [6.07, 6.45) is -0.134. The Balaban J connectivity index is 1.86. The molecule has 2 heterocycles. The average Bonchev–Trinajstić information content (AvgIpc) is 3.27. The van der Waals surface area contributed by atoms with Crippen LogP contribution in [0.1, 0.15) is 33.9 Å². The second kappa shape index (κ2) is 7.12. The van der Waals surface area contributed by atoms with Gasteiger partial charge in [-0.25, -0.2) is 18.0 Å². The van der Waals surface area contributed by atoms with Gasteiger partial charge in [0.15, 0.2) is 5.75 Å². The van der Waals surface area contributed by atoms with Crippen LogP contribution in [0.15, 0.2) is 35.3 Å². The Morgan fingerprint density at radius 2 is 2.00 bits per heavy atom. The van der Waals surface area contributed by atoms with Crippen LogP contribution in [0, 0.1) is 5.82 Å². The van der Waals surface area contributed by atoms with E-state index in [0.717, 1.165) is 23.4 Å². The number of carboxylic acids is 1. The van der Waals surface area contributed by atoms with Crippen molar-refractivity contribution in [2.45, 2.75) is 31.7 Å². The predicted molar refractivity (Wildman–Crippen MR) is 106 cm³/mol. The number of benzene rings is 2. The van der Waals surface area contributed by atoms with Crippen LogP contribution in [0.25, 0.3) is 22.0 Å². The topological polar surface area (TPSA) is 80.6 Å². The van der Waals surface area contributed by atoms with Gasteiger partial charge in [-0.2, -0.15) is 0 Å². The number of hydrogen-bond donors (Lipinski definition) is 2. The van der Waals surface area contributed by atoms with Gasteiger partial charge in [0.05, 0.1) is 22.5 Å². The van der Waals surface area contributed by atoms with Gasteiger partial charge in [0.2, 0.25) is 12.3 Å². The molecule has 1 fully saturated rings. The van der Waals surface area contributed by atoms with E-state index in [-0.39, 0.29) is 28.6 Å². The molecule has 1 aromatic heterocycles. The van der Waals surface area contributed by atoms with Crippen molar-refractivity contribution < 1.29 is 27.8 Å². The van der Waals surface area contributed by atoms with Gasteiger partial charge >= 0.3 is 5.97 Å². The first-order valence-corrected chi connectivity index (χ1v) is 9.71. The van der Waals surface area contributed by atoms with Crippen molar-refractivity contribution in [3.8, 4) is 16.9 Å². The number of alkyl halides is 2. The summed E-state index contributed by atoms with van der Waals surface area (Å²) < 4.78 is 49.0. The molecule has 160 valence electrons. The van der Waals surface area contributed by atoms with Crippen LogP contribution in [0.3, 0.4) is 0 Å². The Labute approximate surface area is 173 Å². The van der Waals surface area contributed by atoms with Gasteiger partial charge in [-0.15, -0.1) is 0 Å². The molecule has 1 aliphatic carbocycles. The zero-order valence-electron chi connectivity index (χ0n) is 16.1. The third kappa shape index (κ3) is 3.07. The number of nitrogens with zero attached hydrogens (tertiary/aromatic N) is 1. The minimum atomic E-state index is -1.51. The number of pyridine rings is 1. The number of aromatic nitrogens is 1. The second-order valence-corrected chi connectivity index (χ2v) is 7.70. The molecule has 2 aliphatic rings. The molecule has 0 saturated heterocycles. The molecule has 0 spiro atoms. The van der Waals surface area contributed by atoms with E-state index in [1.807, 2.05) is 6.07 Å². The number of hydrogen-bond acceptors (Lipinski definition) is 4. The Morgan fingerprint density at radius 3 is 2.68 bits per heavy atom. The molecule has 0 amide bonds. The van der Waals surface area contributed by atoms with E-state index in [2.05, 4.69) is 5.32 Å². The lowest BCUT2D eigenvalue weighted by molar-refractivity contribution is 0.0694. The first kappa shape index (κ1) is 19.6. The SMILES string of the molecule is O=C(O)c1cn([C@@H]2C[C@@H]2F)c2c(OCF)c(-c3ccc4c(c3)CNC4)c(F)cc2c1=O. The number of halogens is 3. The molecule has 1 saturated carbocycles. The lowest BCUT2D eigenvalue weighted by atomic mass is 9.97. The summed E-state index contributed by atoms with van der Waals surface area (Å²) in [5.74, 6) is -2.63. The molecular formula is C22H17F3N2O4. The van der Waals surface area contributed by atoms with Gasteiger partial charge in [-0.05, 0) is 28.8 Å². The summed E-state index contributed by atoms with van der Waals surface area (Å²) in [5.41, 5.74) is 0.779. The van der Waals surface area contributed by atoms with Gasteiger partial charge in [0.25, 0.3) is 0 Å². The molecular weight excluding hydrogens is 413 g/mol. The van der Waals surface area contributed by atoms with Crippen LogP contribution in [-0.4, -0.2) is 28.7 Å². The molecule has 0 bridgehead atoms. The van der Waals surface area contributed by atoms with Crippen LogP contribution in [0.4, 0.5) is 13.2 Å². The fourth-order valence-corrected chi connectivity index (χ4v) is 4.22. The van der Waals surface area contributed by atoms with Crippen molar-refractivity contribution in [3.63, 3.8) is 0 Å². The average molecular weight is 430 g/mol. The van der Waals surface area contributed by atoms with Crippen molar-refractivity contribution in [1.82, 2.24) is 9.88 Å². The van der Waals surface area contributed by atoms with Crippen molar-refractivity contribution in [2.24, 2.45) is 0 Å². The highest BCUT2D eigenvalue weighted by atomic mass is 19.1. The second-order valence-electron chi connectivity index (χ2n) is 7.70. The predicted octanol–water partition coefficient (Wildman–Crippen LogP) is 3.70. The Hall–Kier alpha value is -3.33. The molecule has 9 heteroatoms. The number of fused-ring (bicyclic) bond motifs is 2. The first-order chi connectivity index (χ1) is 14.9. The minimum Gasteiger partial charge on any atom is -0.477 e. The maximum absolute atomic E-state index is 15.3. The van der Waals surface area contributed by atoms with Crippen molar-refractivity contribution in [3.05, 3.63) is 63.2 Å². The maximum atomic E-state index is 15.3. The zero-order valence-corrected chi connectivity index (χ0v) is 16.1. The zero-order chi connectivity index (χ0) is 21.9. The monoisotopic (exact) mass is 430 g/mol. The van der Waals surface area contributed by atoms with E-state index in [4.69, 9.17) is 4.74 Å². The first-order valence-electron chi connectivity index (χ1n) is 9.71. The van der Waals surface area contributed by atoms with Gasteiger partial charge in [-0.3, -0.25) is 4.79 Å². The van der Waals surface area contributed by atoms with Crippen LogP contribution in [-0.2, 0) is 13.1 Å². The van der Waals surface area contributed by atoms with Crippen LogP contribution >= 0.6 is 0 Å². The molecule has 0 unspecified atom stereocenters. The van der Waals surface area contributed by atoms with E-state index in [1.54, 1.807) is 12.1 Å². The van der Waals surface area contributed by atoms with Crippen LogP contribution < -0.4 is 15.5 Å². The van der Waals surface area contributed by atoms with Crippen molar-refractivity contribution >= 4 is 16.9 Å². The fourth-order valence-electron chi connectivity index (χ4n) is 4.22. The van der Waals surface area contributed by atoms with Crippen molar-refractivity contribution in [1.29, 1.82) is 0 Å². The number of carboxylic acid groups (broad SMARTS) is 1. The van der Waals surface area contributed by atoms with E-state index in [1.165, 1.54) is 4.57 Å². The molecule has 0 radical (unpaired) electrons. The van der Waals surface area contributed by atoms with Gasteiger partial charge in [0.1, 0.15) is 17.6 Å². The third-order valence-electron chi connectivity index (χ3n) is 5.82. The van der Waals surface area contributed by atoms with E-state index < -0.39 is 41.9 Å². The highest BCUT2D eigenvalue weighted by Crippen LogP contribution is 2.45. The highest BCUT2D eigenvalue weighted by Gasteiger charge is 2.41. The quantitative estimate of drug-likeness (QED) is 0.645. The smallest absolute Gasteiger partial charge is 0.341 e. The fraction of sp³-hybridized carbons (Fsp3) is 0.273. The number of nitrogens with one attached hydrogen (secondary N) is 1. The summed E-state index contributed by atoms with van der Waals surface area (Å²) in [6, 6.07) is 5.43. The molecule has 1 aliphatic heterocycles. The summed E-state index contributed by atoms with van der Waals surface area (Å²) in [4.78, 5) is 24.3. The number of carbonyl (C=O) groups is 1. The van der Waals surface area contributed by atoms with Crippen LogP contribution in [0.5, 0.6) is 5.75 Å². The number of ether oxygens (including phenoxy) is 1. The largest absolute Gasteiger partial charge is 0.477 e. The summed E-state index contributed by atoms with van der Waals surface area (Å²) in [6.45, 7) is -0.0344. The molecule has 2 N–H and O–H groups in total.